The highest BCUT2D eigenvalue weighted by Gasteiger charge is 2.18. The molecule has 0 spiro atoms. The Bertz CT molecular complexity index is 585. The molecule has 18 heavy (non-hydrogen) atoms. The minimum absolute atomic E-state index is 0.342. The first-order valence-corrected chi connectivity index (χ1v) is 6.12. The maximum absolute atomic E-state index is 11.9. The number of hydrogen-bond donors (Lipinski definition) is 2. The van der Waals surface area contributed by atoms with Crippen LogP contribution in [0.5, 0.6) is 0 Å². The fraction of sp³-hybridized carbons (Fsp3) is 0.357. The molecule has 0 amide bonds. The summed E-state index contributed by atoms with van der Waals surface area (Å²) >= 11 is 0. The van der Waals surface area contributed by atoms with E-state index in [0.717, 1.165) is 10.9 Å². The molecule has 1 heterocycles. The van der Waals surface area contributed by atoms with E-state index in [1.54, 1.807) is 6.92 Å². The molecule has 2 aromatic rings. The number of carbonyl (C=O) groups is 1. The van der Waals surface area contributed by atoms with Crippen molar-refractivity contribution in [1.82, 2.24) is 4.98 Å². The highest BCUT2D eigenvalue weighted by Crippen LogP contribution is 2.28. The van der Waals surface area contributed by atoms with Gasteiger partial charge in [0.25, 0.3) is 0 Å². The quantitative estimate of drug-likeness (QED) is 0.818. The van der Waals surface area contributed by atoms with Crippen molar-refractivity contribution >= 4 is 22.7 Å². The molecule has 3 N–H and O–H groups in total. The van der Waals surface area contributed by atoms with Crippen molar-refractivity contribution in [2.75, 3.05) is 12.3 Å². The highest BCUT2D eigenvalue weighted by atomic mass is 16.5. The summed E-state index contributed by atoms with van der Waals surface area (Å²) in [5, 5.41) is 0.831. The van der Waals surface area contributed by atoms with Crippen molar-refractivity contribution in [3.05, 3.63) is 29.3 Å². The molecule has 0 saturated carbocycles. The van der Waals surface area contributed by atoms with Gasteiger partial charge >= 0.3 is 5.97 Å². The first kappa shape index (κ1) is 12.5. The monoisotopic (exact) mass is 246 g/mol. The van der Waals surface area contributed by atoms with Gasteiger partial charge in [0.15, 0.2) is 0 Å². The Morgan fingerprint density at radius 1 is 1.44 bits per heavy atom. The molecular formula is C14H18N2O2. The number of benzene rings is 1. The Morgan fingerprint density at radius 3 is 2.78 bits per heavy atom. The third kappa shape index (κ3) is 2.06. The van der Waals surface area contributed by atoms with Crippen LogP contribution in [0.25, 0.3) is 10.9 Å². The van der Waals surface area contributed by atoms with Gasteiger partial charge in [0.2, 0.25) is 0 Å². The zero-order valence-corrected chi connectivity index (χ0v) is 10.9. The maximum Gasteiger partial charge on any atom is 0.342 e. The maximum atomic E-state index is 11.9. The fourth-order valence-corrected chi connectivity index (χ4v) is 2.01. The van der Waals surface area contributed by atoms with Crippen LogP contribution in [0.3, 0.4) is 0 Å². The third-order valence-electron chi connectivity index (χ3n) is 3.00. The second-order valence-electron chi connectivity index (χ2n) is 4.59. The van der Waals surface area contributed by atoms with E-state index in [2.05, 4.69) is 18.8 Å². The largest absolute Gasteiger partial charge is 0.462 e. The lowest BCUT2D eigenvalue weighted by molar-refractivity contribution is 0.0530. The Hall–Kier alpha value is -1.97. The number of H-pyrrole nitrogens is 1. The number of ether oxygens (including phenoxy) is 1. The lowest BCUT2D eigenvalue weighted by Gasteiger charge is -2.06. The van der Waals surface area contributed by atoms with Gasteiger partial charge in [-0.2, -0.15) is 0 Å². The summed E-state index contributed by atoms with van der Waals surface area (Å²) in [6, 6.07) is 5.99. The van der Waals surface area contributed by atoms with Crippen LogP contribution < -0.4 is 5.73 Å². The van der Waals surface area contributed by atoms with Crippen molar-refractivity contribution in [1.29, 1.82) is 0 Å². The van der Waals surface area contributed by atoms with Gasteiger partial charge in [-0.1, -0.05) is 19.9 Å². The molecule has 1 aromatic heterocycles. The number of anilines is 1. The van der Waals surface area contributed by atoms with Crippen LogP contribution in [0.2, 0.25) is 0 Å². The predicted octanol–water partition coefficient (Wildman–Crippen LogP) is 3.05. The predicted molar refractivity (Wildman–Crippen MR) is 72.8 cm³/mol. The number of fused-ring (bicyclic) bond motifs is 1. The van der Waals surface area contributed by atoms with Crippen LogP contribution in [0, 0.1) is 0 Å². The van der Waals surface area contributed by atoms with Crippen molar-refractivity contribution in [3.63, 3.8) is 0 Å². The van der Waals surface area contributed by atoms with E-state index in [4.69, 9.17) is 10.5 Å². The van der Waals surface area contributed by atoms with E-state index in [9.17, 15) is 4.79 Å². The van der Waals surface area contributed by atoms with Crippen LogP contribution in [0.1, 0.15) is 42.6 Å². The van der Waals surface area contributed by atoms with Crippen LogP contribution >= 0.6 is 0 Å². The van der Waals surface area contributed by atoms with E-state index in [1.807, 2.05) is 18.2 Å². The summed E-state index contributed by atoms with van der Waals surface area (Å²) < 4.78 is 5.04. The van der Waals surface area contributed by atoms with E-state index in [1.165, 1.54) is 5.56 Å². The van der Waals surface area contributed by atoms with Crippen molar-refractivity contribution < 1.29 is 9.53 Å². The number of hydrogen-bond acceptors (Lipinski definition) is 3. The van der Waals surface area contributed by atoms with Crippen LogP contribution in [0.4, 0.5) is 5.82 Å². The van der Waals surface area contributed by atoms with Gasteiger partial charge in [-0.15, -0.1) is 0 Å². The molecule has 0 fully saturated rings. The molecule has 0 bridgehead atoms. The highest BCUT2D eigenvalue weighted by molar-refractivity contribution is 6.09. The van der Waals surface area contributed by atoms with E-state index < -0.39 is 0 Å². The molecule has 96 valence electrons. The number of carbonyl (C=O) groups excluding carboxylic acids is 1. The Morgan fingerprint density at radius 2 is 2.17 bits per heavy atom. The van der Waals surface area contributed by atoms with E-state index >= 15 is 0 Å². The molecule has 0 aliphatic carbocycles. The summed E-state index contributed by atoms with van der Waals surface area (Å²) in [6.45, 7) is 6.35. The first-order valence-electron chi connectivity index (χ1n) is 6.12. The average molecular weight is 246 g/mol. The van der Waals surface area contributed by atoms with Gasteiger partial charge < -0.3 is 15.5 Å². The van der Waals surface area contributed by atoms with Gasteiger partial charge in [-0.3, -0.25) is 0 Å². The Kier molecular flexibility index (Phi) is 3.28. The second-order valence-corrected chi connectivity index (χ2v) is 4.59. The summed E-state index contributed by atoms with van der Waals surface area (Å²) in [6.07, 6.45) is 0. The van der Waals surface area contributed by atoms with Gasteiger partial charge in [0, 0.05) is 10.9 Å². The van der Waals surface area contributed by atoms with Crippen molar-refractivity contribution in [2.45, 2.75) is 26.7 Å². The molecule has 4 heteroatoms. The fourth-order valence-electron chi connectivity index (χ4n) is 2.01. The van der Waals surface area contributed by atoms with Crippen molar-refractivity contribution in [3.8, 4) is 0 Å². The second kappa shape index (κ2) is 4.72. The SMILES string of the molecule is CCOC(=O)c1c(N)[nH]c2ccc(C(C)C)cc12. The number of rotatable bonds is 3. The molecule has 4 nitrogen and oxygen atoms in total. The van der Waals surface area contributed by atoms with Gasteiger partial charge in [0.1, 0.15) is 11.4 Å². The Labute approximate surface area is 106 Å². The van der Waals surface area contributed by atoms with Crippen LogP contribution in [-0.2, 0) is 4.74 Å². The summed E-state index contributed by atoms with van der Waals surface area (Å²) in [5.41, 5.74) is 8.33. The lowest BCUT2D eigenvalue weighted by atomic mass is 10.0. The van der Waals surface area contributed by atoms with Gasteiger partial charge in [-0.05, 0) is 30.5 Å². The number of esters is 1. The molecule has 0 saturated heterocycles. The molecule has 0 aliphatic heterocycles. The molecule has 0 aliphatic rings. The van der Waals surface area contributed by atoms with E-state index in [-0.39, 0.29) is 5.97 Å². The molecule has 2 rings (SSSR count). The van der Waals surface area contributed by atoms with Gasteiger partial charge in [0.05, 0.1) is 6.61 Å². The standard InChI is InChI=1S/C14H18N2O2/c1-4-18-14(17)12-10-7-9(8(2)3)5-6-11(10)16-13(12)15/h5-8,16H,4,15H2,1-3H3. The van der Waals surface area contributed by atoms with Crippen molar-refractivity contribution in [2.24, 2.45) is 0 Å². The molecule has 0 radical (unpaired) electrons. The minimum atomic E-state index is -0.373. The Balaban J connectivity index is 2.60. The molecule has 1 aromatic carbocycles. The van der Waals surface area contributed by atoms with Crippen LogP contribution in [-0.4, -0.2) is 17.6 Å². The number of aromatic amines is 1. The summed E-state index contributed by atoms with van der Waals surface area (Å²) in [5.74, 6) is 0.395. The molecular weight excluding hydrogens is 228 g/mol. The lowest BCUT2D eigenvalue weighted by Crippen LogP contribution is -2.06. The molecule has 0 atom stereocenters. The number of nitrogens with two attached hydrogens (primary N) is 1. The summed E-state index contributed by atoms with van der Waals surface area (Å²) in [4.78, 5) is 14.9. The van der Waals surface area contributed by atoms with Crippen LogP contribution in [0.15, 0.2) is 18.2 Å². The minimum Gasteiger partial charge on any atom is -0.462 e. The van der Waals surface area contributed by atoms with E-state index in [0.29, 0.717) is 23.9 Å². The smallest absolute Gasteiger partial charge is 0.342 e. The normalized spacial score (nSPS) is 11.1. The number of nitrogen functional groups attached to an aromatic ring is 1. The topological polar surface area (TPSA) is 68.1 Å². The number of aromatic nitrogens is 1. The summed E-state index contributed by atoms with van der Waals surface area (Å²) in [7, 11) is 0. The number of nitrogens with one attached hydrogen (secondary N) is 1. The third-order valence-corrected chi connectivity index (χ3v) is 3.00. The zero-order valence-electron chi connectivity index (χ0n) is 10.9. The van der Waals surface area contributed by atoms with Gasteiger partial charge in [-0.25, -0.2) is 4.79 Å². The molecule has 0 unspecified atom stereocenters. The average Bonchev–Trinajstić information content (AvgIpc) is 2.63. The first-order chi connectivity index (χ1) is 8.54. The zero-order chi connectivity index (χ0) is 13.3.